The summed E-state index contributed by atoms with van der Waals surface area (Å²) < 4.78 is 6.95. The van der Waals surface area contributed by atoms with E-state index in [4.69, 9.17) is 27.1 Å². The molecule has 0 bridgehead atoms. The maximum atomic E-state index is 12.2. The Morgan fingerprint density at radius 3 is 2.77 bits per heavy atom. The molecule has 3 heterocycles. The number of rotatable bonds is 3. The Morgan fingerprint density at radius 2 is 2.00 bits per heavy atom. The summed E-state index contributed by atoms with van der Waals surface area (Å²) in [7, 11) is 1.45. The van der Waals surface area contributed by atoms with Crippen molar-refractivity contribution in [2.45, 2.75) is 0 Å². The van der Waals surface area contributed by atoms with E-state index in [1.54, 1.807) is 22.8 Å². The van der Waals surface area contributed by atoms with Crippen LogP contribution >= 0.6 is 11.6 Å². The maximum absolute atomic E-state index is 12.2. The molecule has 3 N–H and O–H groups in total. The van der Waals surface area contributed by atoms with Crippen molar-refractivity contribution in [1.82, 2.24) is 9.61 Å². The number of phenols is 1. The van der Waals surface area contributed by atoms with Crippen LogP contribution in [0.15, 0.2) is 59.9 Å². The van der Waals surface area contributed by atoms with Crippen molar-refractivity contribution in [3.63, 3.8) is 0 Å². The molecular weight excluding hydrogens is 404 g/mol. The second kappa shape index (κ2) is 6.60. The van der Waals surface area contributed by atoms with Crippen LogP contribution in [0.1, 0.15) is 21.5 Å². The van der Waals surface area contributed by atoms with Crippen molar-refractivity contribution in [1.29, 1.82) is 0 Å². The Labute approximate surface area is 176 Å². The van der Waals surface area contributed by atoms with Crippen LogP contribution in [-0.4, -0.2) is 33.4 Å². The van der Waals surface area contributed by atoms with Gasteiger partial charge in [-0.2, -0.15) is 5.10 Å². The predicted molar refractivity (Wildman–Crippen MR) is 114 cm³/mol. The van der Waals surface area contributed by atoms with Gasteiger partial charge in [-0.25, -0.2) is 9.51 Å². The molecular formula is C22H15ClN4O3. The molecule has 2 aromatic carbocycles. The smallest absolute Gasteiger partial charge is 0.251 e. The van der Waals surface area contributed by atoms with Gasteiger partial charge in [-0.3, -0.25) is 4.79 Å². The number of ether oxygens (including phenoxy) is 1. The Bertz CT molecular complexity index is 1390. The van der Waals surface area contributed by atoms with Gasteiger partial charge in [0.1, 0.15) is 0 Å². The summed E-state index contributed by atoms with van der Waals surface area (Å²) in [6.45, 7) is 0. The van der Waals surface area contributed by atoms with E-state index < -0.39 is 5.91 Å². The van der Waals surface area contributed by atoms with Crippen molar-refractivity contribution < 1.29 is 14.6 Å². The van der Waals surface area contributed by atoms with Gasteiger partial charge in [0.15, 0.2) is 11.5 Å². The second-order valence-electron chi connectivity index (χ2n) is 6.81. The van der Waals surface area contributed by atoms with Gasteiger partial charge in [0.25, 0.3) is 5.91 Å². The minimum absolute atomic E-state index is 0.141. The largest absolute Gasteiger partial charge is 0.503 e. The van der Waals surface area contributed by atoms with Gasteiger partial charge in [0.2, 0.25) is 0 Å². The zero-order valence-electron chi connectivity index (χ0n) is 15.8. The fraction of sp³-hybridized carbons (Fsp3) is 0.0455. The van der Waals surface area contributed by atoms with Crippen LogP contribution in [0.3, 0.4) is 0 Å². The lowest BCUT2D eigenvalue weighted by Crippen LogP contribution is -2.14. The maximum Gasteiger partial charge on any atom is 0.251 e. The van der Waals surface area contributed by atoms with Crippen molar-refractivity contribution >= 4 is 34.4 Å². The molecule has 1 amide bonds. The minimum atomic E-state index is -0.570. The average molecular weight is 419 g/mol. The molecule has 0 unspecified atom stereocenters. The van der Waals surface area contributed by atoms with Crippen molar-refractivity contribution in [2.24, 2.45) is 10.7 Å². The highest BCUT2D eigenvalue weighted by atomic mass is 35.5. The van der Waals surface area contributed by atoms with Crippen molar-refractivity contribution in [2.75, 3.05) is 7.11 Å². The van der Waals surface area contributed by atoms with E-state index in [1.807, 2.05) is 30.3 Å². The van der Waals surface area contributed by atoms with Gasteiger partial charge in [-0.15, -0.1) is 0 Å². The number of hydrogen-bond acceptors (Lipinski definition) is 5. The molecule has 0 aliphatic carbocycles. The first-order valence-electron chi connectivity index (χ1n) is 9.05. The quantitative estimate of drug-likeness (QED) is 0.463. The third-order valence-electron chi connectivity index (χ3n) is 5.13. The number of aliphatic imine (C=N–C) groups is 1. The molecule has 0 saturated heterocycles. The summed E-state index contributed by atoms with van der Waals surface area (Å²) in [5, 5.41) is 14.6. The number of carbonyl (C=O) groups excluding carboxylic acids is 1. The number of hydrogen-bond donors (Lipinski definition) is 2. The number of halogens is 1. The van der Waals surface area contributed by atoms with Gasteiger partial charge >= 0.3 is 0 Å². The number of carbonyl (C=O) groups is 1. The number of nitrogens with two attached hydrogens (primary N) is 1. The average Bonchev–Trinajstić information content (AvgIpc) is 3.10. The monoisotopic (exact) mass is 418 g/mol. The number of phenolic OH excluding ortho intramolecular Hbond substituents is 1. The van der Waals surface area contributed by atoms with E-state index in [0.29, 0.717) is 33.6 Å². The van der Waals surface area contributed by atoms with Gasteiger partial charge in [0, 0.05) is 28.5 Å². The number of nitrogens with zero attached hydrogens (tertiary/aromatic N) is 3. The summed E-state index contributed by atoms with van der Waals surface area (Å²) in [6.07, 6.45) is 3.26. The second-order valence-corrected chi connectivity index (χ2v) is 7.21. The summed E-state index contributed by atoms with van der Waals surface area (Å²) in [5.41, 5.74) is 10.8. The first-order valence-corrected chi connectivity index (χ1v) is 9.43. The molecule has 30 heavy (non-hydrogen) atoms. The standard InChI is InChI=1S/C22H15ClN4O3/c1-30-17-9-11(8-15(23)21(17)28)19-13-6-7-27-20(13)18(14(10-25-27)22(24)29)12-4-2-3-5-16(12)26-19/h2-10,28H,1H3,(H2,24,29). The summed E-state index contributed by atoms with van der Waals surface area (Å²) in [5.74, 6) is -0.477. The molecule has 0 fully saturated rings. The van der Waals surface area contributed by atoms with E-state index in [1.165, 1.54) is 13.3 Å². The van der Waals surface area contributed by atoms with Crippen LogP contribution in [0.2, 0.25) is 5.02 Å². The van der Waals surface area contributed by atoms with Crippen LogP contribution in [0.5, 0.6) is 11.5 Å². The van der Waals surface area contributed by atoms with Crippen molar-refractivity contribution in [3.05, 3.63) is 76.6 Å². The van der Waals surface area contributed by atoms with E-state index in [9.17, 15) is 9.90 Å². The lowest BCUT2D eigenvalue weighted by Gasteiger charge is -2.11. The number of aromatic hydroxyl groups is 1. The van der Waals surface area contributed by atoms with Crippen LogP contribution in [-0.2, 0) is 0 Å². The topological polar surface area (TPSA) is 102 Å². The molecule has 1 aliphatic heterocycles. The zero-order valence-corrected chi connectivity index (χ0v) is 16.5. The fourth-order valence-electron chi connectivity index (χ4n) is 3.78. The fourth-order valence-corrected chi connectivity index (χ4v) is 3.99. The number of amides is 1. The number of primary amides is 1. The lowest BCUT2D eigenvalue weighted by molar-refractivity contribution is 0.100. The van der Waals surface area contributed by atoms with Crippen LogP contribution in [0, 0.1) is 0 Å². The number of fused-ring (bicyclic) bond motifs is 2. The molecule has 4 aromatic rings. The Morgan fingerprint density at radius 1 is 1.20 bits per heavy atom. The predicted octanol–water partition coefficient (Wildman–Crippen LogP) is 3.95. The van der Waals surface area contributed by atoms with Crippen LogP contribution < -0.4 is 10.5 Å². The van der Waals surface area contributed by atoms with Crippen LogP contribution in [0.4, 0.5) is 5.69 Å². The molecule has 1 aliphatic rings. The first kappa shape index (κ1) is 18.2. The highest BCUT2D eigenvalue weighted by Gasteiger charge is 2.26. The highest BCUT2D eigenvalue weighted by molar-refractivity contribution is 6.33. The molecule has 148 valence electrons. The third-order valence-corrected chi connectivity index (χ3v) is 5.42. The molecule has 0 spiro atoms. The molecule has 8 heteroatoms. The van der Waals surface area contributed by atoms with Gasteiger partial charge in [0.05, 0.1) is 40.8 Å². The molecule has 0 atom stereocenters. The van der Waals surface area contributed by atoms with E-state index in [0.717, 1.165) is 11.1 Å². The van der Waals surface area contributed by atoms with Crippen LogP contribution in [0.25, 0.3) is 16.6 Å². The normalized spacial score (nSPS) is 12.3. The van der Waals surface area contributed by atoms with E-state index in [2.05, 4.69) is 5.10 Å². The van der Waals surface area contributed by atoms with E-state index >= 15 is 0 Å². The van der Waals surface area contributed by atoms with Gasteiger partial charge < -0.3 is 15.6 Å². The molecule has 0 radical (unpaired) electrons. The highest BCUT2D eigenvalue weighted by Crippen LogP contribution is 2.42. The summed E-state index contributed by atoms with van der Waals surface area (Å²) in [4.78, 5) is 17.1. The number of methoxy groups -OCH3 is 1. The minimum Gasteiger partial charge on any atom is -0.503 e. The SMILES string of the molecule is COc1cc(C2=Nc3ccccc3-c3c(C(N)=O)cnn4ccc2c34)cc(Cl)c1O. The zero-order chi connectivity index (χ0) is 21.0. The third kappa shape index (κ3) is 2.56. The van der Waals surface area contributed by atoms with E-state index in [-0.39, 0.29) is 16.5 Å². The van der Waals surface area contributed by atoms with Gasteiger partial charge in [-0.05, 0) is 24.3 Å². The summed E-state index contributed by atoms with van der Waals surface area (Å²) in [6, 6.07) is 12.7. The Kier molecular flexibility index (Phi) is 4.01. The number of aromatic nitrogens is 2. The van der Waals surface area contributed by atoms with Gasteiger partial charge in [-0.1, -0.05) is 29.8 Å². The Balaban J connectivity index is 1.92. The molecule has 0 saturated carbocycles. The first-order chi connectivity index (χ1) is 14.5. The molecule has 7 nitrogen and oxygen atoms in total. The molecule has 2 aromatic heterocycles. The molecule has 5 rings (SSSR count). The number of benzene rings is 2. The lowest BCUT2D eigenvalue weighted by atomic mass is 9.96. The Hall–Kier alpha value is -3.84. The van der Waals surface area contributed by atoms with Crippen molar-refractivity contribution in [3.8, 4) is 22.6 Å². The number of para-hydroxylation sites is 1. The summed E-state index contributed by atoms with van der Waals surface area (Å²) >= 11 is 6.24.